The van der Waals surface area contributed by atoms with Crippen LogP contribution in [0.1, 0.15) is 32.1 Å². The molecule has 0 aromatic heterocycles. The monoisotopic (exact) mass is 214 g/mol. The van der Waals surface area contributed by atoms with Gasteiger partial charge in [-0.2, -0.15) is 0 Å². The van der Waals surface area contributed by atoms with Crippen molar-refractivity contribution >= 4 is 5.97 Å². The van der Waals surface area contributed by atoms with Crippen LogP contribution in [0.2, 0.25) is 0 Å². The third-order valence-electron chi connectivity index (χ3n) is 3.77. The maximum atomic E-state index is 11.4. The summed E-state index contributed by atoms with van der Waals surface area (Å²) in [5, 5.41) is 9.36. The summed E-state index contributed by atoms with van der Waals surface area (Å²) < 4.78 is 10.9. The largest absolute Gasteiger partial charge is 0.479 e. The zero-order valence-corrected chi connectivity index (χ0v) is 9.07. The lowest BCUT2D eigenvalue weighted by Crippen LogP contribution is -2.48. The van der Waals surface area contributed by atoms with Gasteiger partial charge in [0.05, 0.1) is 6.10 Å². The van der Waals surface area contributed by atoms with E-state index >= 15 is 0 Å². The van der Waals surface area contributed by atoms with Gasteiger partial charge in [0.25, 0.3) is 0 Å². The van der Waals surface area contributed by atoms with Crippen molar-refractivity contribution in [2.24, 2.45) is 5.92 Å². The lowest BCUT2D eigenvalue weighted by molar-refractivity contribution is -0.172. The maximum absolute atomic E-state index is 11.4. The van der Waals surface area contributed by atoms with Gasteiger partial charge in [0.1, 0.15) is 0 Å². The van der Waals surface area contributed by atoms with Gasteiger partial charge >= 0.3 is 5.97 Å². The van der Waals surface area contributed by atoms with Gasteiger partial charge in [0.2, 0.25) is 0 Å². The molecule has 0 amide bonds. The number of carbonyl (C=O) groups is 1. The average molecular weight is 214 g/mol. The first-order chi connectivity index (χ1) is 7.20. The van der Waals surface area contributed by atoms with E-state index in [0.717, 1.165) is 25.7 Å². The van der Waals surface area contributed by atoms with Crippen LogP contribution in [0.3, 0.4) is 0 Å². The van der Waals surface area contributed by atoms with Crippen molar-refractivity contribution in [3.8, 4) is 0 Å². The van der Waals surface area contributed by atoms with Gasteiger partial charge in [-0.1, -0.05) is 6.42 Å². The van der Waals surface area contributed by atoms with Crippen LogP contribution in [-0.2, 0) is 14.3 Å². The van der Waals surface area contributed by atoms with E-state index in [0.29, 0.717) is 13.0 Å². The molecular formula is C11H18O4. The van der Waals surface area contributed by atoms with E-state index in [1.807, 2.05) is 0 Å². The number of methoxy groups -OCH3 is 1. The number of ether oxygens (including phenoxy) is 2. The summed E-state index contributed by atoms with van der Waals surface area (Å²) in [6.45, 7) is 0.569. The third-order valence-corrected chi connectivity index (χ3v) is 3.77. The van der Waals surface area contributed by atoms with Crippen molar-refractivity contribution in [3.05, 3.63) is 0 Å². The Labute approximate surface area is 89.6 Å². The lowest BCUT2D eigenvalue weighted by Gasteiger charge is -2.33. The molecule has 4 nitrogen and oxygen atoms in total. The second-order valence-corrected chi connectivity index (χ2v) is 4.46. The molecule has 3 unspecified atom stereocenters. The molecule has 3 atom stereocenters. The van der Waals surface area contributed by atoms with Crippen LogP contribution in [0, 0.1) is 5.92 Å². The Bertz CT molecular complexity index is 245. The molecule has 4 heteroatoms. The summed E-state index contributed by atoms with van der Waals surface area (Å²) in [5.41, 5.74) is -0.961. The van der Waals surface area contributed by atoms with Crippen LogP contribution in [-0.4, -0.2) is 36.5 Å². The first-order valence-electron chi connectivity index (χ1n) is 5.61. The van der Waals surface area contributed by atoms with Gasteiger partial charge in [0.15, 0.2) is 5.60 Å². The van der Waals surface area contributed by atoms with Crippen LogP contribution >= 0.6 is 0 Å². The standard InChI is InChI=1S/C11H18O4/c1-14-9-5-2-4-8(9)11(10(12)13)6-3-7-15-11/h8-9H,2-7H2,1H3,(H,12,13). The van der Waals surface area contributed by atoms with E-state index in [1.54, 1.807) is 7.11 Å². The summed E-state index contributed by atoms with van der Waals surface area (Å²) in [4.78, 5) is 11.4. The number of rotatable bonds is 3. The summed E-state index contributed by atoms with van der Waals surface area (Å²) in [7, 11) is 1.66. The van der Waals surface area contributed by atoms with E-state index in [2.05, 4.69) is 0 Å². The predicted octanol–water partition coefficient (Wildman–Crippen LogP) is 1.44. The Hall–Kier alpha value is -0.610. The predicted molar refractivity (Wildman–Crippen MR) is 53.7 cm³/mol. The highest BCUT2D eigenvalue weighted by molar-refractivity contribution is 5.78. The molecule has 2 rings (SSSR count). The Morgan fingerprint density at radius 2 is 2.27 bits per heavy atom. The second kappa shape index (κ2) is 4.10. The van der Waals surface area contributed by atoms with Crippen LogP contribution in [0.25, 0.3) is 0 Å². The molecule has 86 valence electrons. The summed E-state index contributed by atoms with van der Waals surface area (Å²) in [6, 6.07) is 0. The van der Waals surface area contributed by atoms with Gasteiger partial charge in [-0.3, -0.25) is 0 Å². The first kappa shape index (κ1) is 10.9. The van der Waals surface area contributed by atoms with E-state index in [9.17, 15) is 9.90 Å². The number of hydrogen-bond acceptors (Lipinski definition) is 3. The molecule has 15 heavy (non-hydrogen) atoms. The molecule has 0 aromatic carbocycles. The maximum Gasteiger partial charge on any atom is 0.336 e. The highest BCUT2D eigenvalue weighted by Gasteiger charge is 2.53. The Morgan fingerprint density at radius 3 is 2.80 bits per heavy atom. The Balaban J connectivity index is 2.20. The fraction of sp³-hybridized carbons (Fsp3) is 0.909. The van der Waals surface area contributed by atoms with Gasteiger partial charge in [0, 0.05) is 19.6 Å². The van der Waals surface area contributed by atoms with E-state index < -0.39 is 11.6 Å². The Kier molecular flexibility index (Phi) is 2.98. The normalized spacial score (nSPS) is 40.9. The molecule has 2 aliphatic rings. The molecule has 1 N–H and O–H groups in total. The molecule has 1 aliphatic heterocycles. The van der Waals surface area contributed by atoms with Gasteiger partial charge in [-0.05, 0) is 25.7 Å². The van der Waals surface area contributed by atoms with Crippen LogP contribution in [0.5, 0.6) is 0 Å². The highest BCUT2D eigenvalue weighted by atomic mass is 16.5. The molecule has 1 saturated heterocycles. The van der Waals surface area contributed by atoms with Crippen LogP contribution in [0.4, 0.5) is 0 Å². The van der Waals surface area contributed by atoms with E-state index in [4.69, 9.17) is 9.47 Å². The molecule has 1 heterocycles. The number of aliphatic carboxylic acids is 1. The number of hydrogen-bond donors (Lipinski definition) is 1. The van der Waals surface area contributed by atoms with Gasteiger partial charge < -0.3 is 14.6 Å². The van der Waals surface area contributed by atoms with Gasteiger partial charge in [-0.15, -0.1) is 0 Å². The molecule has 0 aromatic rings. The average Bonchev–Trinajstić information content (AvgIpc) is 2.86. The number of carboxylic acid groups (broad SMARTS) is 1. The summed E-state index contributed by atoms with van der Waals surface area (Å²) in [6.07, 6.45) is 4.44. The van der Waals surface area contributed by atoms with Crippen molar-refractivity contribution in [1.29, 1.82) is 0 Å². The first-order valence-corrected chi connectivity index (χ1v) is 5.61. The minimum absolute atomic E-state index is 0.0301. The Morgan fingerprint density at radius 1 is 1.47 bits per heavy atom. The number of carboxylic acids is 1. The molecule has 0 spiro atoms. The fourth-order valence-electron chi connectivity index (χ4n) is 3.02. The molecular weight excluding hydrogens is 196 g/mol. The molecule has 2 fully saturated rings. The SMILES string of the molecule is COC1CCCC1C1(C(=O)O)CCCO1. The second-order valence-electron chi connectivity index (χ2n) is 4.46. The minimum Gasteiger partial charge on any atom is -0.479 e. The van der Waals surface area contributed by atoms with Crippen molar-refractivity contribution in [3.63, 3.8) is 0 Å². The fourth-order valence-corrected chi connectivity index (χ4v) is 3.02. The van der Waals surface area contributed by atoms with Crippen molar-refractivity contribution in [2.75, 3.05) is 13.7 Å². The van der Waals surface area contributed by atoms with Crippen molar-refractivity contribution < 1.29 is 19.4 Å². The topological polar surface area (TPSA) is 55.8 Å². The quantitative estimate of drug-likeness (QED) is 0.772. The van der Waals surface area contributed by atoms with Crippen molar-refractivity contribution in [2.45, 2.75) is 43.8 Å². The minimum atomic E-state index is -0.961. The zero-order valence-electron chi connectivity index (χ0n) is 9.07. The van der Waals surface area contributed by atoms with Crippen molar-refractivity contribution in [1.82, 2.24) is 0 Å². The molecule has 1 saturated carbocycles. The zero-order chi connectivity index (χ0) is 10.9. The summed E-state index contributed by atoms with van der Waals surface area (Å²) in [5.74, 6) is -0.781. The van der Waals surface area contributed by atoms with Gasteiger partial charge in [-0.25, -0.2) is 4.79 Å². The molecule has 1 aliphatic carbocycles. The third kappa shape index (κ3) is 1.66. The van der Waals surface area contributed by atoms with Crippen LogP contribution < -0.4 is 0 Å². The lowest BCUT2D eigenvalue weighted by atomic mass is 9.82. The smallest absolute Gasteiger partial charge is 0.336 e. The summed E-state index contributed by atoms with van der Waals surface area (Å²) >= 11 is 0. The van der Waals surface area contributed by atoms with Crippen LogP contribution in [0.15, 0.2) is 0 Å². The van der Waals surface area contributed by atoms with E-state index in [-0.39, 0.29) is 12.0 Å². The molecule has 0 radical (unpaired) electrons. The highest BCUT2D eigenvalue weighted by Crippen LogP contribution is 2.43. The van der Waals surface area contributed by atoms with E-state index in [1.165, 1.54) is 0 Å². The molecule has 0 bridgehead atoms.